The highest BCUT2D eigenvalue weighted by Gasteiger charge is 2.17. The third kappa shape index (κ3) is 3.80. The van der Waals surface area contributed by atoms with E-state index in [1.54, 1.807) is 31.3 Å². The first-order chi connectivity index (χ1) is 10.0. The van der Waals surface area contributed by atoms with E-state index in [1.165, 1.54) is 19.2 Å². The molecule has 0 aromatic heterocycles. The van der Waals surface area contributed by atoms with Crippen LogP contribution in [0.3, 0.4) is 0 Å². The maximum absolute atomic E-state index is 14.1. The molecule has 112 valence electrons. The Kier molecular flexibility index (Phi) is 5.31. The molecule has 0 saturated heterocycles. The number of nitrogens with one attached hydrogen (secondary N) is 1. The Hall–Kier alpha value is -1.46. The van der Waals surface area contributed by atoms with E-state index in [9.17, 15) is 8.78 Å². The molecule has 1 N–H and O–H groups in total. The molecule has 1 unspecified atom stereocenters. The molecule has 2 rings (SSSR count). The fourth-order valence-electron chi connectivity index (χ4n) is 2.19. The molecule has 0 amide bonds. The van der Waals surface area contributed by atoms with Crippen LogP contribution >= 0.6 is 15.9 Å². The maximum Gasteiger partial charge on any atom is 0.131 e. The van der Waals surface area contributed by atoms with Gasteiger partial charge in [-0.2, -0.15) is 0 Å². The van der Waals surface area contributed by atoms with Crippen LogP contribution in [0.1, 0.15) is 17.2 Å². The van der Waals surface area contributed by atoms with Crippen LogP contribution in [0.15, 0.2) is 40.9 Å². The van der Waals surface area contributed by atoms with E-state index in [-0.39, 0.29) is 17.7 Å². The standard InChI is InChI=1S/C16H16BrF2NO/c1-20-16(7-10-3-4-11(17)8-14(10)18)13-6-5-12(21-2)9-15(13)19/h3-6,8-9,16,20H,7H2,1-2H3. The van der Waals surface area contributed by atoms with E-state index in [2.05, 4.69) is 21.2 Å². The second-order valence-corrected chi connectivity index (χ2v) is 5.58. The van der Waals surface area contributed by atoms with Crippen LogP contribution in [-0.2, 0) is 6.42 Å². The Labute approximate surface area is 131 Å². The highest BCUT2D eigenvalue weighted by molar-refractivity contribution is 9.10. The first-order valence-corrected chi connectivity index (χ1v) is 7.29. The number of hydrogen-bond acceptors (Lipinski definition) is 2. The molecule has 0 aliphatic rings. The second-order valence-electron chi connectivity index (χ2n) is 4.67. The van der Waals surface area contributed by atoms with Crippen molar-refractivity contribution in [2.45, 2.75) is 12.5 Å². The van der Waals surface area contributed by atoms with Gasteiger partial charge in [0.25, 0.3) is 0 Å². The molecule has 0 heterocycles. The molecule has 0 fully saturated rings. The molecule has 2 aromatic carbocycles. The molecule has 0 radical (unpaired) electrons. The zero-order chi connectivity index (χ0) is 15.4. The Bertz CT molecular complexity index is 634. The topological polar surface area (TPSA) is 21.3 Å². The van der Waals surface area contributed by atoms with Crippen molar-refractivity contribution < 1.29 is 13.5 Å². The highest BCUT2D eigenvalue weighted by atomic mass is 79.9. The number of halogens is 3. The van der Waals surface area contributed by atoms with Crippen LogP contribution in [0.5, 0.6) is 5.75 Å². The molecule has 21 heavy (non-hydrogen) atoms. The second kappa shape index (κ2) is 7.00. The van der Waals surface area contributed by atoms with Gasteiger partial charge in [-0.25, -0.2) is 8.78 Å². The predicted molar refractivity (Wildman–Crippen MR) is 82.6 cm³/mol. The lowest BCUT2D eigenvalue weighted by Gasteiger charge is -2.18. The number of likely N-dealkylation sites (N-methyl/N-ethyl adjacent to an activating group) is 1. The van der Waals surface area contributed by atoms with Gasteiger partial charge in [0.1, 0.15) is 17.4 Å². The minimum atomic E-state index is -0.369. The Morgan fingerprint density at radius 3 is 2.48 bits per heavy atom. The minimum Gasteiger partial charge on any atom is -0.497 e. The van der Waals surface area contributed by atoms with Crippen molar-refractivity contribution in [3.05, 3.63) is 63.6 Å². The zero-order valence-electron chi connectivity index (χ0n) is 11.8. The summed E-state index contributed by atoms with van der Waals surface area (Å²) >= 11 is 3.22. The van der Waals surface area contributed by atoms with Gasteiger partial charge in [-0.05, 0) is 37.2 Å². The molecule has 2 nitrogen and oxygen atoms in total. The fraction of sp³-hybridized carbons (Fsp3) is 0.250. The Morgan fingerprint density at radius 2 is 1.90 bits per heavy atom. The van der Waals surface area contributed by atoms with Gasteiger partial charge in [-0.3, -0.25) is 0 Å². The van der Waals surface area contributed by atoms with Crippen LogP contribution < -0.4 is 10.1 Å². The fourth-order valence-corrected chi connectivity index (χ4v) is 2.53. The summed E-state index contributed by atoms with van der Waals surface area (Å²) in [6.45, 7) is 0. The summed E-state index contributed by atoms with van der Waals surface area (Å²) in [6.07, 6.45) is 0.360. The summed E-state index contributed by atoms with van der Waals surface area (Å²) in [5.74, 6) is -0.217. The van der Waals surface area contributed by atoms with Crippen molar-refractivity contribution in [3.63, 3.8) is 0 Å². The van der Waals surface area contributed by atoms with Crippen molar-refractivity contribution in [2.24, 2.45) is 0 Å². The van der Waals surface area contributed by atoms with Crippen molar-refractivity contribution in [2.75, 3.05) is 14.2 Å². The van der Waals surface area contributed by atoms with Gasteiger partial charge < -0.3 is 10.1 Å². The third-order valence-electron chi connectivity index (χ3n) is 3.37. The smallest absolute Gasteiger partial charge is 0.131 e. The molecule has 0 bridgehead atoms. The summed E-state index contributed by atoms with van der Waals surface area (Å²) in [5.41, 5.74) is 1.02. The van der Waals surface area contributed by atoms with Gasteiger partial charge >= 0.3 is 0 Å². The van der Waals surface area contributed by atoms with Gasteiger partial charge in [-0.1, -0.05) is 28.1 Å². The monoisotopic (exact) mass is 355 g/mol. The van der Waals surface area contributed by atoms with Crippen molar-refractivity contribution >= 4 is 15.9 Å². The summed E-state index contributed by atoms with van der Waals surface area (Å²) < 4.78 is 33.7. The molecule has 0 spiro atoms. The minimum absolute atomic E-state index is 0.307. The third-order valence-corrected chi connectivity index (χ3v) is 3.86. The van der Waals surface area contributed by atoms with E-state index in [0.717, 1.165) is 0 Å². The number of rotatable bonds is 5. The van der Waals surface area contributed by atoms with Crippen LogP contribution in [0.4, 0.5) is 8.78 Å². The van der Waals surface area contributed by atoms with Gasteiger partial charge in [0, 0.05) is 22.1 Å². The Morgan fingerprint density at radius 1 is 1.14 bits per heavy atom. The number of ether oxygens (including phenoxy) is 1. The molecule has 5 heteroatoms. The normalized spacial score (nSPS) is 12.2. The largest absolute Gasteiger partial charge is 0.497 e. The summed E-state index contributed by atoms with van der Waals surface area (Å²) in [7, 11) is 3.21. The van der Waals surface area contributed by atoms with Crippen LogP contribution in [0, 0.1) is 11.6 Å². The molecule has 0 aliphatic heterocycles. The van der Waals surface area contributed by atoms with E-state index < -0.39 is 0 Å². The van der Waals surface area contributed by atoms with Gasteiger partial charge in [0.2, 0.25) is 0 Å². The molecule has 0 saturated carbocycles. The van der Waals surface area contributed by atoms with Crippen molar-refractivity contribution in [1.82, 2.24) is 5.32 Å². The van der Waals surface area contributed by atoms with Crippen LogP contribution in [0.2, 0.25) is 0 Å². The van der Waals surface area contributed by atoms with E-state index >= 15 is 0 Å². The average molecular weight is 356 g/mol. The van der Waals surface area contributed by atoms with Gasteiger partial charge in [-0.15, -0.1) is 0 Å². The average Bonchev–Trinajstić information content (AvgIpc) is 2.47. The van der Waals surface area contributed by atoms with E-state index in [0.29, 0.717) is 27.8 Å². The lowest BCUT2D eigenvalue weighted by molar-refractivity contribution is 0.409. The molecule has 1 atom stereocenters. The first kappa shape index (κ1) is 15.9. The number of methoxy groups -OCH3 is 1. The lowest BCUT2D eigenvalue weighted by Crippen LogP contribution is -2.20. The quantitative estimate of drug-likeness (QED) is 0.865. The lowest BCUT2D eigenvalue weighted by atomic mass is 9.98. The Balaban J connectivity index is 2.27. The van der Waals surface area contributed by atoms with E-state index in [4.69, 9.17) is 4.74 Å². The SMILES string of the molecule is CNC(Cc1ccc(Br)cc1F)c1ccc(OC)cc1F. The number of benzene rings is 2. The van der Waals surface area contributed by atoms with Crippen molar-refractivity contribution in [3.8, 4) is 5.75 Å². The first-order valence-electron chi connectivity index (χ1n) is 6.49. The van der Waals surface area contributed by atoms with Crippen LogP contribution in [0.25, 0.3) is 0 Å². The van der Waals surface area contributed by atoms with Gasteiger partial charge in [0.05, 0.1) is 7.11 Å². The molecular formula is C16H16BrF2NO. The van der Waals surface area contributed by atoms with Crippen LogP contribution in [-0.4, -0.2) is 14.2 Å². The molecule has 2 aromatic rings. The van der Waals surface area contributed by atoms with Gasteiger partial charge in [0.15, 0.2) is 0 Å². The summed E-state index contributed by atoms with van der Waals surface area (Å²) in [4.78, 5) is 0. The summed E-state index contributed by atoms with van der Waals surface area (Å²) in [5, 5.41) is 3.03. The number of hydrogen-bond donors (Lipinski definition) is 1. The van der Waals surface area contributed by atoms with Crippen molar-refractivity contribution in [1.29, 1.82) is 0 Å². The summed E-state index contributed by atoms with van der Waals surface area (Å²) in [6, 6.07) is 9.25. The predicted octanol–water partition coefficient (Wildman–Crippen LogP) is 4.24. The molecular weight excluding hydrogens is 340 g/mol. The van der Waals surface area contributed by atoms with E-state index in [1.807, 2.05) is 0 Å². The molecule has 0 aliphatic carbocycles. The highest BCUT2D eigenvalue weighted by Crippen LogP contribution is 2.26. The zero-order valence-corrected chi connectivity index (χ0v) is 13.4. The maximum atomic E-state index is 14.1.